The number of hydrogen-bond acceptors (Lipinski definition) is 4. The molecule has 23 heavy (non-hydrogen) atoms. The van der Waals surface area contributed by atoms with Crippen molar-refractivity contribution in [3.05, 3.63) is 58.3 Å². The minimum Gasteiger partial charge on any atom is -0.399 e. The van der Waals surface area contributed by atoms with E-state index >= 15 is 0 Å². The van der Waals surface area contributed by atoms with Crippen molar-refractivity contribution in [1.82, 2.24) is 5.32 Å². The van der Waals surface area contributed by atoms with Crippen molar-refractivity contribution in [3.63, 3.8) is 0 Å². The fourth-order valence-electron chi connectivity index (χ4n) is 2.11. The summed E-state index contributed by atoms with van der Waals surface area (Å²) in [5.41, 5.74) is 9.01. The summed E-state index contributed by atoms with van der Waals surface area (Å²) in [5, 5.41) is 4.92. The third kappa shape index (κ3) is 5.07. The Kier molecular flexibility index (Phi) is 6.11. The van der Waals surface area contributed by atoms with E-state index in [2.05, 4.69) is 10.3 Å². The van der Waals surface area contributed by atoms with Gasteiger partial charge in [-0.1, -0.05) is 18.2 Å². The molecule has 3 N–H and O–H groups in total. The second-order valence-corrected chi connectivity index (χ2v) is 6.11. The van der Waals surface area contributed by atoms with E-state index in [-0.39, 0.29) is 5.91 Å². The quantitative estimate of drug-likeness (QED) is 0.632. The molecular formula is C18H21N3OS. The Morgan fingerprint density at radius 1 is 1.30 bits per heavy atom. The molecule has 1 heterocycles. The van der Waals surface area contributed by atoms with Gasteiger partial charge in [-0.25, -0.2) is 0 Å². The van der Waals surface area contributed by atoms with E-state index in [9.17, 15) is 4.79 Å². The van der Waals surface area contributed by atoms with Crippen molar-refractivity contribution in [2.24, 2.45) is 4.99 Å². The van der Waals surface area contributed by atoms with Gasteiger partial charge in [0.05, 0.1) is 0 Å². The van der Waals surface area contributed by atoms with Crippen LogP contribution in [0.2, 0.25) is 0 Å². The maximum Gasteiger partial charge on any atom is 0.269 e. The number of amides is 1. The van der Waals surface area contributed by atoms with Crippen LogP contribution in [0, 0.1) is 0 Å². The van der Waals surface area contributed by atoms with Crippen LogP contribution in [-0.2, 0) is 11.2 Å². The van der Waals surface area contributed by atoms with Gasteiger partial charge in [0, 0.05) is 24.2 Å². The summed E-state index contributed by atoms with van der Waals surface area (Å²) >= 11 is 1.65. The number of aliphatic imine (C=N–C) groups is 1. The van der Waals surface area contributed by atoms with E-state index in [1.165, 1.54) is 0 Å². The van der Waals surface area contributed by atoms with Crippen molar-refractivity contribution in [2.45, 2.75) is 13.3 Å². The van der Waals surface area contributed by atoms with Crippen molar-refractivity contribution in [3.8, 4) is 0 Å². The van der Waals surface area contributed by atoms with Crippen molar-refractivity contribution in [2.75, 3.05) is 19.3 Å². The Bertz CT molecular complexity index is 700. The van der Waals surface area contributed by atoms with Crippen LogP contribution in [0.1, 0.15) is 17.4 Å². The third-order valence-electron chi connectivity index (χ3n) is 3.42. The summed E-state index contributed by atoms with van der Waals surface area (Å²) in [6, 6.07) is 11.7. The molecule has 120 valence electrons. The van der Waals surface area contributed by atoms with Crippen molar-refractivity contribution < 1.29 is 4.79 Å². The molecule has 0 saturated heterocycles. The summed E-state index contributed by atoms with van der Waals surface area (Å²) in [6.07, 6.45) is 2.58. The maximum atomic E-state index is 12.2. The van der Waals surface area contributed by atoms with E-state index in [1.807, 2.05) is 54.8 Å². The summed E-state index contributed by atoms with van der Waals surface area (Å²) in [6.45, 7) is 2.55. The van der Waals surface area contributed by atoms with Crippen LogP contribution >= 0.6 is 11.3 Å². The molecule has 5 heteroatoms. The van der Waals surface area contributed by atoms with E-state index in [1.54, 1.807) is 18.4 Å². The van der Waals surface area contributed by atoms with E-state index in [0.29, 0.717) is 12.3 Å². The first-order valence-electron chi connectivity index (χ1n) is 7.41. The maximum absolute atomic E-state index is 12.2. The van der Waals surface area contributed by atoms with E-state index in [4.69, 9.17) is 5.73 Å². The van der Waals surface area contributed by atoms with Gasteiger partial charge in [0.2, 0.25) is 0 Å². The highest BCUT2D eigenvalue weighted by molar-refractivity contribution is 7.11. The lowest BCUT2D eigenvalue weighted by atomic mass is 10.1. The molecule has 0 spiro atoms. The zero-order valence-electron chi connectivity index (χ0n) is 13.4. The lowest BCUT2D eigenvalue weighted by molar-refractivity contribution is -0.114. The molecule has 4 nitrogen and oxygen atoms in total. The lowest BCUT2D eigenvalue weighted by Crippen LogP contribution is -2.31. The molecule has 1 amide bonds. The highest BCUT2D eigenvalue weighted by atomic mass is 32.1. The molecule has 1 aromatic carbocycles. The zero-order chi connectivity index (χ0) is 16.7. The fourth-order valence-corrected chi connectivity index (χ4v) is 2.81. The van der Waals surface area contributed by atoms with Gasteiger partial charge in [0.15, 0.2) is 0 Å². The Balaban J connectivity index is 1.90. The third-order valence-corrected chi connectivity index (χ3v) is 4.42. The second kappa shape index (κ2) is 8.29. The van der Waals surface area contributed by atoms with Gasteiger partial charge in [-0.05, 0) is 54.1 Å². The minimum absolute atomic E-state index is 0.154. The highest BCUT2D eigenvalue weighted by Crippen LogP contribution is 2.19. The molecular weight excluding hydrogens is 306 g/mol. The monoisotopic (exact) mass is 327 g/mol. The number of carbonyl (C=O) groups excluding carboxylic acids is 1. The molecule has 1 aromatic heterocycles. The summed E-state index contributed by atoms with van der Waals surface area (Å²) in [4.78, 5) is 17.5. The molecule has 0 aliphatic rings. The van der Waals surface area contributed by atoms with Crippen LogP contribution in [0.4, 0.5) is 5.69 Å². The van der Waals surface area contributed by atoms with E-state index in [0.717, 1.165) is 28.1 Å². The number of nitrogens with one attached hydrogen (secondary N) is 1. The minimum atomic E-state index is -0.154. The predicted octanol–water partition coefficient (Wildman–Crippen LogP) is 3.16. The lowest BCUT2D eigenvalue weighted by Gasteiger charge is -2.06. The molecule has 0 saturated carbocycles. The summed E-state index contributed by atoms with van der Waals surface area (Å²) in [7, 11) is 1.63. The standard InChI is InChI=1S/C18H21N3OS/c1-13(17-4-3-11-23-17)12-16(20-2)18(22)21-10-9-14-5-7-15(19)8-6-14/h3-8,11-12H,9-10,19H2,1-2H3,(H,21,22)/b13-12+,20-16?. The largest absolute Gasteiger partial charge is 0.399 e. The topological polar surface area (TPSA) is 67.5 Å². The number of thiophene rings is 1. The van der Waals surface area contributed by atoms with Crippen molar-refractivity contribution >= 4 is 34.2 Å². The number of nitrogens with zero attached hydrogens (tertiary/aromatic N) is 1. The van der Waals surface area contributed by atoms with E-state index < -0.39 is 0 Å². The molecule has 2 rings (SSSR count). The Hall–Kier alpha value is -2.40. The molecule has 0 aliphatic heterocycles. The number of rotatable bonds is 6. The molecule has 0 fully saturated rings. The molecule has 0 bridgehead atoms. The number of anilines is 1. The molecule has 0 aliphatic carbocycles. The first kappa shape index (κ1) is 17.0. The Labute approximate surface area is 140 Å². The SMILES string of the molecule is CN=C(/C=C(\C)c1cccs1)C(=O)NCCc1ccc(N)cc1. The summed E-state index contributed by atoms with van der Waals surface area (Å²) in [5.74, 6) is -0.154. The summed E-state index contributed by atoms with van der Waals surface area (Å²) < 4.78 is 0. The number of nitrogens with two attached hydrogens (primary N) is 1. The zero-order valence-corrected chi connectivity index (χ0v) is 14.2. The highest BCUT2D eigenvalue weighted by Gasteiger charge is 2.09. The average molecular weight is 327 g/mol. The van der Waals surface area contributed by atoms with Crippen LogP contribution in [0.15, 0.2) is 52.8 Å². The van der Waals surface area contributed by atoms with Gasteiger partial charge in [-0.3, -0.25) is 9.79 Å². The number of nitrogen functional groups attached to an aromatic ring is 1. The van der Waals surface area contributed by atoms with Crippen LogP contribution in [0.25, 0.3) is 5.57 Å². The van der Waals surface area contributed by atoms with Crippen molar-refractivity contribution in [1.29, 1.82) is 0 Å². The molecule has 2 aromatic rings. The van der Waals surface area contributed by atoms with Gasteiger partial charge >= 0.3 is 0 Å². The normalized spacial score (nSPS) is 12.3. The average Bonchev–Trinajstić information content (AvgIpc) is 3.08. The van der Waals surface area contributed by atoms with Gasteiger partial charge in [-0.2, -0.15) is 0 Å². The van der Waals surface area contributed by atoms with Gasteiger partial charge in [0.25, 0.3) is 5.91 Å². The van der Waals surface area contributed by atoms with Gasteiger partial charge in [0.1, 0.15) is 5.71 Å². The number of allylic oxidation sites excluding steroid dienone is 1. The smallest absolute Gasteiger partial charge is 0.269 e. The first-order valence-corrected chi connectivity index (χ1v) is 8.29. The number of benzene rings is 1. The Morgan fingerprint density at radius 2 is 2.04 bits per heavy atom. The van der Waals surface area contributed by atoms with Gasteiger partial charge in [-0.15, -0.1) is 11.3 Å². The first-order chi connectivity index (χ1) is 11.1. The molecule has 0 unspecified atom stereocenters. The van der Waals surface area contributed by atoms with Crippen LogP contribution in [0.5, 0.6) is 0 Å². The second-order valence-electron chi connectivity index (χ2n) is 5.16. The van der Waals surface area contributed by atoms with Crippen LogP contribution in [-0.4, -0.2) is 25.2 Å². The predicted molar refractivity (Wildman–Crippen MR) is 98.9 cm³/mol. The molecule has 0 radical (unpaired) electrons. The Morgan fingerprint density at radius 3 is 2.65 bits per heavy atom. The van der Waals surface area contributed by atoms with Crippen LogP contribution < -0.4 is 11.1 Å². The molecule has 0 atom stereocenters. The van der Waals surface area contributed by atoms with Gasteiger partial charge < -0.3 is 11.1 Å². The number of hydrogen-bond donors (Lipinski definition) is 2. The fraction of sp³-hybridized carbons (Fsp3) is 0.222. The van der Waals surface area contributed by atoms with Crippen LogP contribution in [0.3, 0.4) is 0 Å². The number of carbonyl (C=O) groups is 1.